The van der Waals surface area contributed by atoms with Crippen LogP contribution in [0.5, 0.6) is 0 Å². The molecular weight excluding hydrogens is 423 g/mol. The van der Waals surface area contributed by atoms with Crippen molar-refractivity contribution >= 4 is 32.2 Å². The van der Waals surface area contributed by atoms with Crippen LogP contribution in [0.25, 0.3) is 11.3 Å². The summed E-state index contributed by atoms with van der Waals surface area (Å²) in [6.45, 7) is 4.27. The van der Waals surface area contributed by atoms with E-state index in [0.29, 0.717) is 11.0 Å². The van der Waals surface area contributed by atoms with Gasteiger partial charge in [0.05, 0.1) is 16.3 Å². The number of nitrogens with one attached hydrogen (secondary N) is 1. The fourth-order valence-corrected chi connectivity index (χ4v) is 4.91. The molecule has 1 aromatic heterocycles. The summed E-state index contributed by atoms with van der Waals surface area (Å²) in [5.74, 6) is -0.513. The number of halogens is 1. The lowest BCUT2D eigenvalue weighted by Gasteiger charge is -2.05. The monoisotopic (exact) mass is 446 g/mol. The molecule has 1 heterocycles. The van der Waals surface area contributed by atoms with Crippen LogP contribution in [0.2, 0.25) is 0 Å². The van der Waals surface area contributed by atoms with Gasteiger partial charge in [-0.1, -0.05) is 38.1 Å². The zero-order chi connectivity index (χ0) is 21.7. The molecule has 5 nitrogen and oxygen atoms in total. The maximum atomic E-state index is 12.9. The summed E-state index contributed by atoms with van der Waals surface area (Å²) >= 11 is 1.32. The van der Waals surface area contributed by atoms with E-state index in [4.69, 9.17) is 0 Å². The number of amides is 1. The minimum absolute atomic E-state index is 0.0531. The summed E-state index contributed by atoms with van der Waals surface area (Å²) in [4.78, 5) is 16.6. The quantitative estimate of drug-likeness (QED) is 0.479. The molecule has 0 saturated heterocycles. The predicted molar refractivity (Wildman–Crippen MR) is 118 cm³/mol. The van der Waals surface area contributed by atoms with Crippen LogP contribution in [0, 0.1) is 5.82 Å². The molecule has 3 aromatic rings. The summed E-state index contributed by atoms with van der Waals surface area (Å²) in [5.41, 5.74) is 3.00. The average Bonchev–Trinajstić information content (AvgIpc) is 3.16. The van der Waals surface area contributed by atoms with Crippen LogP contribution in [0.1, 0.15) is 38.2 Å². The zero-order valence-corrected chi connectivity index (χ0v) is 18.4. The number of aromatic nitrogens is 1. The molecule has 8 heteroatoms. The van der Waals surface area contributed by atoms with Crippen LogP contribution in [-0.4, -0.2) is 25.1 Å². The number of thiazole rings is 1. The highest BCUT2D eigenvalue weighted by Gasteiger charge is 2.16. The molecule has 0 unspecified atom stereocenters. The number of anilines is 1. The van der Waals surface area contributed by atoms with Crippen LogP contribution in [0.3, 0.4) is 0 Å². The number of carbonyl (C=O) groups is 1. The van der Waals surface area contributed by atoms with Gasteiger partial charge < -0.3 is 5.32 Å². The number of benzene rings is 2. The van der Waals surface area contributed by atoms with Crippen molar-refractivity contribution in [2.24, 2.45) is 0 Å². The molecule has 2 aromatic carbocycles. The zero-order valence-electron chi connectivity index (χ0n) is 16.8. The van der Waals surface area contributed by atoms with Crippen molar-refractivity contribution < 1.29 is 17.6 Å². The van der Waals surface area contributed by atoms with E-state index >= 15 is 0 Å². The van der Waals surface area contributed by atoms with E-state index in [9.17, 15) is 17.6 Å². The van der Waals surface area contributed by atoms with Gasteiger partial charge in [-0.3, -0.25) is 4.79 Å². The fraction of sp³-hybridized carbons (Fsp3) is 0.273. The van der Waals surface area contributed by atoms with Crippen LogP contribution in [-0.2, 0) is 14.6 Å². The Bertz CT molecular complexity index is 1110. The number of carbonyl (C=O) groups excluding carboxylic acids is 1. The lowest BCUT2D eigenvalue weighted by Crippen LogP contribution is -2.14. The molecule has 1 N–H and O–H groups in total. The van der Waals surface area contributed by atoms with Gasteiger partial charge in [-0.25, -0.2) is 17.8 Å². The predicted octanol–water partition coefficient (Wildman–Crippen LogP) is 5.27. The molecule has 0 aliphatic rings. The molecule has 1 amide bonds. The molecule has 0 aliphatic heterocycles. The van der Waals surface area contributed by atoms with Gasteiger partial charge in [0.25, 0.3) is 0 Å². The van der Waals surface area contributed by atoms with Gasteiger partial charge in [0.2, 0.25) is 5.91 Å². The van der Waals surface area contributed by atoms with E-state index in [1.54, 1.807) is 0 Å². The van der Waals surface area contributed by atoms with Gasteiger partial charge in [0.15, 0.2) is 15.0 Å². The maximum absolute atomic E-state index is 12.9. The third kappa shape index (κ3) is 5.73. The van der Waals surface area contributed by atoms with Gasteiger partial charge in [0.1, 0.15) is 5.82 Å². The van der Waals surface area contributed by atoms with Crippen molar-refractivity contribution in [2.75, 3.05) is 11.1 Å². The molecular formula is C22H23FN2O3S2. The molecule has 3 rings (SSSR count). The Morgan fingerprint density at radius 3 is 2.40 bits per heavy atom. The van der Waals surface area contributed by atoms with Crippen molar-refractivity contribution in [2.45, 2.75) is 37.5 Å². The van der Waals surface area contributed by atoms with E-state index < -0.39 is 15.7 Å². The first kappa shape index (κ1) is 22.1. The first-order chi connectivity index (χ1) is 14.2. The Labute approximate surface area is 179 Å². The highest BCUT2D eigenvalue weighted by molar-refractivity contribution is 7.91. The lowest BCUT2D eigenvalue weighted by molar-refractivity contribution is -0.116. The van der Waals surface area contributed by atoms with E-state index in [1.165, 1.54) is 29.0 Å². The highest BCUT2D eigenvalue weighted by Crippen LogP contribution is 2.26. The summed E-state index contributed by atoms with van der Waals surface area (Å²) in [6.07, 6.45) is 0.221. The molecule has 0 atom stereocenters. The van der Waals surface area contributed by atoms with Crippen molar-refractivity contribution in [1.29, 1.82) is 0 Å². The summed E-state index contributed by atoms with van der Waals surface area (Å²) in [5, 5.41) is 5.07. The van der Waals surface area contributed by atoms with Gasteiger partial charge in [-0.05, 0) is 42.2 Å². The Morgan fingerprint density at radius 1 is 1.10 bits per heavy atom. The van der Waals surface area contributed by atoms with Gasteiger partial charge in [-0.15, -0.1) is 11.3 Å². The number of nitrogens with zero attached hydrogens (tertiary/aromatic N) is 1. The van der Waals surface area contributed by atoms with Crippen LogP contribution >= 0.6 is 11.3 Å². The molecule has 0 saturated carbocycles. The first-order valence-electron chi connectivity index (χ1n) is 9.58. The standard InChI is InChI=1S/C22H23FN2O3S2/c1-15(2)16-5-7-17(8-6-16)20-14-29-22(24-20)25-21(26)4-3-13-30(27,28)19-11-9-18(23)10-12-19/h5-12,14-15H,3-4,13H2,1-2H3,(H,24,25,26). The Morgan fingerprint density at radius 2 is 1.77 bits per heavy atom. The average molecular weight is 447 g/mol. The third-order valence-corrected chi connectivity index (χ3v) is 7.19. The van der Waals surface area contributed by atoms with Crippen LogP contribution in [0.15, 0.2) is 58.8 Å². The van der Waals surface area contributed by atoms with Gasteiger partial charge in [-0.2, -0.15) is 0 Å². The largest absolute Gasteiger partial charge is 0.302 e. The SMILES string of the molecule is CC(C)c1ccc(-c2csc(NC(=O)CCCS(=O)(=O)c3ccc(F)cc3)n2)cc1. The molecule has 0 aliphatic carbocycles. The Hall–Kier alpha value is -2.58. The van der Waals surface area contributed by atoms with Crippen molar-refractivity contribution in [3.8, 4) is 11.3 Å². The van der Waals surface area contributed by atoms with Gasteiger partial charge >= 0.3 is 0 Å². The Kier molecular flexibility index (Phi) is 6.99. The lowest BCUT2D eigenvalue weighted by atomic mass is 10.0. The number of hydrogen-bond acceptors (Lipinski definition) is 5. The normalized spacial score (nSPS) is 11.6. The number of sulfone groups is 1. The maximum Gasteiger partial charge on any atom is 0.226 e. The fourth-order valence-electron chi connectivity index (χ4n) is 2.87. The third-order valence-electron chi connectivity index (χ3n) is 4.61. The van der Waals surface area contributed by atoms with E-state index in [-0.39, 0.29) is 29.4 Å². The number of hydrogen-bond donors (Lipinski definition) is 1. The highest BCUT2D eigenvalue weighted by atomic mass is 32.2. The van der Waals surface area contributed by atoms with Crippen LogP contribution < -0.4 is 5.32 Å². The van der Waals surface area contributed by atoms with Crippen molar-refractivity contribution in [3.05, 3.63) is 65.3 Å². The summed E-state index contributed by atoms with van der Waals surface area (Å²) in [7, 11) is -3.55. The smallest absolute Gasteiger partial charge is 0.226 e. The molecule has 30 heavy (non-hydrogen) atoms. The van der Waals surface area contributed by atoms with Crippen molar-refractivity contribution in [1.82, 2.24) is 4.98 Å². The number of rotatable bonds is 8. The summed E-state index contributed by atoms with van der Waals surface area (Å²) in [6, 6.07) is 12.8. The molecule has 0 fully saturated rings. The van der Waals surface area contributed by atoms with E-state index in [0.717, 1.165) is 23.4 Å². The second-order valence-electron chi connectivity index (χ2n) is 7.24. The molecule has 0 bridgehead atoms. The molecule has 158 valence electrons. The topological polar surface area (TPSA) is 76.1 Å². The van der Waals surface area contributed by atoms with Crippen LogP contribution in [0.4, 0.5) is 9.52 Å². The second kappa shape index (κ2) is 9.49. The van der Waals surface area contributed by atoms with E-state index in [2.05, 4.69) is 36.3 Å². The van der Waals surface area contributed by atoms with Crippen molar-refractivity contribution in [3.63, 3.8) is 0 Å². The first-order valence-corrected chi connectivity index (χ1v) is 12.1. The second-order valence-corrected chi connectivity index (χ2v) is 10.2. The van der Waals surface area contributed by atoms with Gasteiger partial charge in [0, 0.05) is 17.4 Å². The van der Waals surface area contributed by atoms with E-state index in [1.807, 2.05) is 17.5 Å². The molecule has 0 radical (unpaired) electrons. The minimum Gasteiger partial charge on any atom is -0.302 e. The minimum atomic E-state index is -3.55. The summed E-state index contributed by atoms with van der Waals surface area (Å²) < 4.78 is 37.4. The Balaban J connectivity index is 1.52. The molecule has 0 spiro atoms.